The van der Waals surface area contributed by atoms with E-state index in [-0.39, 0.29) is 18.1 Å². The lowest BCUT2D eigenvalue weighted by molar-refractivity contribution is 0.0436. The first-order valence-electron chi connectivity index (χ1n) is 8.73. The van der Waals surface area contributed by atoms with Crippen LogP contribution in [0.3, 0.4) is 0 Å². The van der Waals surface area contributed by atoms with Crippen LogP contribution in [0.5, 0.6) is 0 Å². The molecule has 2 aromatic rings. The fourth-order valence-corrected chi connectivity index (χ4v) is 3.88. The molecule has 3 saturated heterocycles. The van der Waals surface area contributed by atoms with E-state index in [1.165, 1.54) is 0 Å². The molecule has 0 spiro atoms. The van der Waals surface area contributed by atoms with Gasteiger partial charge in [0.15, 0.2) is 0 Å². The Morgan fingerprint density at radius 3 is 2.52 bits per heavy atom. The van der Waals surface area contributed by atoms with Gasteiger partial charge in [0.05, 0.1) is 12.1 Å². The zero-order valence-corrected chi connectivity index (χ0v) is 14.9. The van der Waals surface area contributed by atoms with Crippen LogP contribution in [0.1, 0.15) is 23.5 Å². The number of benzene rings is 1. The van der Waals surface area contributed by atoms with Gasteiger partial charge in [-0.1, -0.05) is 18.2 Å². The van der Waals surface area contributed by atoms with Gasteiger partial charge in [0.25, 0.3) is 0 Å². The number of urea groups is 1. The second kappa shape index (κ2) is 6.02. The summed E-state index contributed by atoms with van der Waals surface area (Å²) in [6.07, 6.45) is 1.07. The number of anilines is 2. The number of carbonyl (C=O) groups is 1. The fraction of sp³-hybridized carbons (Fsp3) is 0.421. The van der Waals surface area contributed by atoms with E-state index in [0.717, 1.165) is 48.1 Å². The average molecular weight is 337 g/mol. The van der Waals surface area contributed by atoms with Crippen LogP contribution in [0.25, 0.3) is 0 Å². The summed E-state index contributed by atoms with van der Waals surface area (Å²) in [5, 5.41) is 3.06. The van der Waals surface area contributed by atoms with E-state index in [0.29, 0.717) is 0 Å². The molecule has 3 fully saturated rings. The van der Waals surface area contributed by atoms with Crippen molar-refractivity contribution >= 4 is 17.5 Å². The number of aryl methyl sites for hydroxylation is 3. The quantitative estimate of drug-likeness (QED) is 0.915. The minimum atomic E-state index is 0.00486. The predicted octanol–water partition coefficient (Wildman–Crippen LogP) is 2.90. The Morgan fingerprint density at radius 2 is 1.84 bits per heavy atom. The van der Waals surface area contributed by atoms with Crippen LogP contribution in [0.2, 0.25) is 0 Å². The number of nitrogens with one attached hydrogen (secondary N) is 1. The monoisotopic (exact) mass is 337 g/mol. The first kappa shape index (κ1) is 15.9. The maximum Gasteiger partial charge on any atom is 0.322 e. The van der Waals surface area contributed by atoms with Gasteiger partial charge in [-0.15, -0.1) is 0 Å². The molecular weight excluding hydrogens is 314 g/mol. The number of rotatable bonds is 2. The second-order valence-electron chi connectivity index (χ2n) is 7.02. The highest BCUT2D eigenvalue weighted by Gasteiger charge is 2.47. The van der Waals surface area contributed by atoms with Crippen molar-refractivity contribution < 1.29 is 4.79 Å². The molecule has 3 aliphatic heterocycles. The van der Waals surface area contributed by atoms with E-state index >= 15 is 0 Å². The summed E-state index contributed by atoms with van der Waals surface area (Å²) in [5.41, 5.74) is 2.95. The number of carbonyl (C=O) groups excluding carboxylic acids is 1. The van der Waals surface area contributed by atoms with Crippen molar-refractivity contribution in [3.8, 4) is 0 Å². The molecule has 3 aliphatic rings. The Morgan fingerprint density at radius 1 is 1.12 bits per heavy atom. The lowest BCUT2D eigenvalue weighted by Gasteiger charge is -2.56. The van der Waals surface area contributed by atoms with Gasteiger partial charge in [0.1, 0.15) is 11.6 Å². The predicted molar refractivity (Wildman–Crippen MR) is 97.9 cm³/mol. The Bertz CT molecular complexity index is 789. The third-order valence-corrected chi connectivity index (χ3v) is 5.09. The highest BCUT2D eigenvalue weighted by molar-refractivity contribution is 5.91. The van der Waals surface area contributed by atoms with Crippen molar-refractivity contribution in [2.45, 2.75) is 39.3 Å². The molecule has 0 aliphatic carbocycles. The Hall–Kier alpha value is -2.63. The number of aromatic nitrogens is 2. The molecule has 1 aromatic heterocycles. The van der Waals surface area contributed by atoms with Crippen LogP contribution in [0, 0.1) is 20.8 Å². The van der Waals surface area contributed by atoms with E-state index in [1.807, 2.05) is 56.0 Å². The third-order valence-electron chi connectivity index (χ3n) is 5.09. The maximum absolute atomic E-state index is 12.7. The van der Waals surface area contributed by atoms with Crippen molar-refractivity contribution in [2.24, 2.45) is 0 Å². The van der Waals surface area contributed by atoms with E-state index in [1.54, 1.807) is 0 Å². The number of hydrogen-bond acceptors (Lipinski definition) is 4. The summed E-state index contributed by atoms with van der Waals surface area (Å²) in [6.45, 7) is 7.57. The molecule has 2 bridgehead atoms. The minimum absolute atomic E-state index is 0.00486. The zero-order chi connectivity index (χ0) is 17.6. The summed E-state index contributed by atoms with van der Waals surface area (Å²) in [5.74, 6) is 1.77. The molecule has 4 heterocycles. The average Bonchev–Trinajstić information content (AvgIpc) is 2.56. The minimum Gasteiger partial charge on any atom is -0.352 e. The fourth-order valence-electron chi connectivity index (χ4n) is 3.88. The van der Waals surface area contributed by atoms with Gasteiger partial charge in [-0.2, -0.15) is 0 Å². The molecule has 2 atom stereocenters. The molecule has 25 heavy (non-hydrogen) atoms. The molecule has 130 valence electrons. The molecule has 2 unspecified atom stereocenters. The van der Waals surface area contributed by atoms with Crippen LogP contribution in [-0.2, 0) is 0 Å². The molecule has 6 nitrogen and oxygen atoms in total. The van der Waals surface area contributed by atoms with Gasteiger partial charge in [-0.3, -0.25) is 0 Å². The molecular formula is C19H23N5O. The molecule has 2 amide bonds. The van der Waals surface area contributed by atoms with Crippen LogP contribution in [-0.4, -0.2) is 46.1 Å². The molecule has 0 saturated carbocycles. The van der Waals surface area contributed by atoms with Crippen LogP contribution >= 0.6 is 0 Å². The smallest absolute Gasteiger partial charge is 0.322 e. The van der Waals surface area contributed by atoms with E-state index in [2.05, 4.69) is 20.2 Å². The second-order valence-corrected chi connectivity index (χ2v) is 7.02. The number of piperazine rings is 1. The first-order chi connectivity index (χ1) is 12.0. The number of fused-ring (bicyclic) bond motifs is 2. The lowest BCUT2D eigenvalue weighted by Crippen LogP contribution is -2.71. The van der Waals surface area contributed by atoms with E-state index < -0.39 is 0 Å². The van der Waals surface area contributed by atoms with Crippen molar-refractivity contribution in [3.05, 3.63) is 47.4 Å². The lowest BCUT2D eigenvalue weighted by atomic mass is 9.88. The number of piperidine rings is 1. The first-order valence-corrected chi connectivity index (χ1v) is 8.73. The van der Waals surface area contributed by atoms with E-state index in [4.69, 9.17) is 0 Å². The molecule has 5 rings (SSSR count). The van der Waals surface area contributed by atoms with Crippen molar-refractivity contribution in [3.63, 3.8) is 0 Å². The maximum atomic E-state index is 12.7. The zero-order valence-electron chi connectivity index (χ0n) is 14.9. The Labute approximate surface area is 147 Å². The van der Waals surface area contributed by atoms with Crippen molar-refractivity contribution in [2.75, 3.05) is 23.3 Å². The van der Waals surface area contributed by atoms with Crippen LogP contribution in [0.15, 0.2) is 30.3 Å². The van der Waals surface area contributed by atoms with Gasteiger partial charge in [-0.25, -0.2) is 14.8 Å². The highest BCUT2D eigenvalue weighted by atomic mass is 16.2. The molecule has 1 aromatic carbocycles. The van der Waals surface area contributed by atoms with Gasteiger partial charge in [-0.05, 0) is 38.8 Å². The molecule has 6 heteroatoms. The third kappa shape index (κ3) is 2.92. The van der Waals surface area contributed by atoms with Gasteiger partial charge >= 0.3 is 6.03 Å². The summed E-state index contributed by atoms with van der Waals surface area (Å²) in [7, 11) is 0. The van der Waals surface area contributed by atoms with Crippen molar-refractivity contribution in [1.82, 2.24) is 14.9 Å². The topological polar surface area (TPSA) is 61.4 Å². The Kier molecular flexibility index (Phi) is 3.82. The number of hydrogen-bond donors (Lipinski definition) is 1. The summed E-state index contributed by atoms with van der Waals surface area (Å²) in [4.78, 5) is 25.9. The largest absolute Gasteiger partial charge is 0.352 e. The normalized spacial score (nSPS) is 21.7. The number of nitrogens with zero attached hydrogens (tertiary/aromatic N) is 4. The molecule has 0 radical (unpaired) electrons. The summed E-state index contributed by atoms with van der Waals surface area (Å²) < 4.78 is 0. The van der Waals surface area contributed by atoms with Gasteiger partial charge in [0, 0.05) is 30.5 Å². The number of para-hydroxylation sites is 1. The van der Waals surface area contributed by atoms with Crippen molar-refractivity contribution in [1.29, 1.82) is 0 Å². The Balaban J connectivity index is 1.45. The number of amides is 2. The standard InChI is InChI=1S/C19H23N5O/c1-12-6-4-5-7-17(12)22-19(25)24-15-9-16(24)11-23(10-15)18-8-13(2)20-14(3)21-18/h4-8,15-16H,9-11H2,1-3H3,(H,22,25). The van der Waals surface area contributed by atoms with E-state index in [9.17, 15) is 4.79 Å². The highest BCUT2D eigenvalue weighted by Crippen LogP contribution is 2.34. The van der Waals surface area contributed by atoms with Crippen LogP contribution < -0.4 is 10.2 Å². The summed E-state index contributed by atoms with van der Waals surface area (Å²) >= 11 is 0. The molecule has 1 N–H and O–H groups in total. The SMILES string of the molecule is Cc1cc(N2CC3CC(C2)N3C(=O)Nc2ccccc2C)nc(C)n1. The van der Waals surface area contributed by atoms with Gasteiger partial charge in [0.2, 0.25) is 0 Å². The summed E-state index contributed by atoms with van der Waals surface area (Å²) in [6, 6.07) is 10.4. The van der Waals surface area contributed by atoms with Crippen LogP contribution in [0.4, 0.5) is 16.3 Å². The van der Waals surface area contributed by atoms with Gasteiger partial charge < -0.3 is 15.1 Å².